The summed E-state index contributed by atoms with van der Waals surface area (Å²) in [6.07, 6.45) is 1.48. The molecule has 0 spiro atoms. The van der Waals surface area contributed by atoms with E-state index in [0.29, 0.717) is 18.1 Å². The van der Waals surface area contributed by atoms with E-state index in [2.05, 4.69) is 59.7 Å². The molecule has 0 aromatic heterocycles. The first kappa shape index (κ1) is 15.4. The fourth-order valence-electron chi connectivity index (χ4n) is 3.26. The van der Waals surface area contributed by atoms with E-state index in [1.165, 1.54) is 11.1 Å². The average molecular weight is 276 g/mol. The van der Waals surface area contributed by atoms with Gasteiger partial charge < -0.3 is 9.47 Å². The highest BCUT2D eigenvalue weighted by molar-refractivity contribution is 5.39. The normalized spacial score (nSPS) is 19.0. The fourth-order valence-corrected chi connectivity index (χ4v) is 3.26. The van der Waals surface area contributed by atoms with E-state index in [9.17, 15) is 0 Å². The third kappa shape index (κ3) is 4.24. The van der Waals surface area contributed by atoms with Crippen LogP contribution in [0.3, 0.4) is 0 Å². The lowest BCUT2D eigenvalue weighted by molar-refractivity contribution is 0.262. The third-order valence-corrected chi connectivity index (χ3v) is 3.74. The molecule has 2 heteroatoms. The summed E-state index contributed by atoms with van der Waals surface area (Å²) in [6, 6.07) is 6.47. The Labute approximate surface area is 123 Å². The van der Waals surface area contributed by atoms with Crippen molar-refractivity contribution in [2.75, 3.05) is 13.2 Å². The molecule has 2 rings (SSSR count). The first-order valence-corrected chi connectivity index (χ1v) is 7.53. The molecule has 1 fully saturated rings. The van der Waals surface area contributed by atoms with Crippen molar-refractivity contribution in [3.8, 4) is 5.75 Å². The SMILES string of the molecule is Cc1cc(OCC2CO2)ccc1C(C)(C)CC(C)(C)C. The highest BCUT2D eigenvalue weighted by atomic mass is 16.6. The van der Waals surface area contributed by atoms with E-state index in [-0.39, 0.29) is 5.41 Å². The third-order valence-electron chi connectivity index (χ3n) is 3.74. The van der Waals surface area contributed by atoms with E-state index in [4.69, 9.17) is 9.47 Å². The molecule has 0 bridgehead atoms. The monoisotopic (exact) mass is 276 g/mol. The van der Waals surface area contributed by atoms with Crippen LogP contribution in [0.2, 0.25) is 0 Å². The van der Waals surface area contributed by atoms with Crippen LogP contribution in [0.15, 0.2) is 18.2 Å². The number of ether oxygens (including phenoxy) is 2. The van der Waals surface area contributed by atoms with Crippen LogP contribution >= 0.6 is 0 Å². The van der Waals surface area contributed by atoms with Gasteiger partial charge in [0.25, 0.3) is 0 Å². The van der Waals surface area contributed by atoms with E-state index in [0.717, 1.165) is 18.8 Å². The van der Waals surface area contributed by atoms with Gasteiger partial charge in [0.2, 0.25) is 0 Å². The molecule has 0 radical (unpaired) electrons. The van der Waals surface area contributed by atoms with Gasteiger partial charge in [-0.1, -0.05) is 40.7 Å². The van der Waals surface area contributed by atoms with Crippen LogP contribution in [0.5, 0.6) is 5.75 Å². The van der Waals surface area contributed by atoms with Gasteiger partial charge in [-0.05, 0) is 47.4 Å². The summed E-state index contributed by atoms with van der Waals surface area (Å²) >= 11 is 0. The molecule has 0 aliphatic carbocycles. The summed E-state index contributed by atoms with van der Waals surface area (Å²) in [6.45, 7) is 15.3. The van der Waals surface area contributed by atoms with Gasteiger partial charge in [-0.3, -0.25) is 0 Å². The largest absolute Gasteiger partial charge is 0.491 e. The molecule has 20 heavy (non-hydrogen) atoms. The van der Waals surface area contributed by atoms with Gasteiger partial charge in [0.05, 0.1) is 6.61 Å². The van der Waals surface area contributed by atoms with Crippen molar-refractivity contribution in [3.05, 3.63) is 29.3 Å². The molecule has 2 nitrogen and oxygen atoms in total. The molecule has 1 unspecified atom stereocenters. The predicted octanol–water partition coefficient (Wildman–Crippen LogP) is 4.49. The molecular weight excluding hydrogens is 248 g/mol. The second-order valence-corrected chi connectivity index (χ2v) is 7.86. The van der Waals surface area contributed by atoms with Crippen molar-refractivity contribution in [3.63, 3.8) is 0 Å². The Bertz CT molecular complexity index is 465. The predicted molar refractivity (Wildman–Crippen MR) is 83.5 cm³/mol. The lowest BCUT2D eigenvalue weighted by Crippen LogP contribution is -2.25. The highest BCUT2D eigenvalue weighted by Gasteiger charge is 2.28. The Hall–Kier alpha value is -1.02. The first-order chi connectivity index (χ1) is 9.17. The van der Waals surface area contributed by atoms with Crippen LogP contribution in [0.4, 0.5) is 0 Å². The maximum Gasteiger partial charge on any atom is 0.119 e. The highest BCUT2D eigenvalue weighted by Crippen LogP contribution is 2.38. The maximum atomic E-state index is 5.75. The molecule has 1 saturated heterocycles. The van der Waals surface area contributed by atoms with Crippen LogP contribution in [-0.4, -0.2) is 19.3 Å². The Balaban J connectivity index is 2.11. The molecule has 1 aromatic carbocycles. The van der Waals surface area contributed by atoms with Gasteiger partial charge in [-0.2, -0.15) is 0 Å². The number of benzene rings is 1. The molecule has 1 aliphatic heterocycles. The average Bonchev–Trinajstić information content (AvgIpc) is 3.06. The van der Waals surface area contributed by atoms with E-state index >= 15 is 0 Å². The minimum atomic E-state index is 0.181. The second kappa shape index (κ2) is 5.40. The van der Waals surface area contributed by atoms with Crippen molar-refractivity contribution in [1.29, 1.82) is 0 Å². The molecule has 0 amide bonds. The van der Waals surface area contributed by atoms with Crippen molar-refractivity contribution in [1.82, 2.24) is 0 Å². The lowest BCUT2D eigenvalue weighted by atomic mass is 9.71. The minimum Gasteiger partial charge on any atom is -0.491 e. The quantitative estimate of drug-likeness (QED) is 0.739. The molecule has 0 saturated carbocycles. The Morgan fingerprint density at radius 3 is 2.35 bits per heavy atom. The summed E-state index contributed by atoms with van der Waals surface area (Å²) in [7, 11) is 0. The molecule has 1 heterocycles. The maximum absolute atomic E-state index is 5.75. The van der Waals surface area contributed by atoms with Crippen LogP contribution < -0.4 is 4.74 Å². The zero-order valence-corrected chi connectivity index (χ0v) is 13.7. The van der Waals surface area contributed by atoms with Gasteiger partial charge in [-0.25, -0.2) is 0 Å². The van der Waals surface area contributed by atoms with E-state index in [1.54, 1.807) is 0 Å². The number of aryl methyl sites for hydroxylation is 1. The summed E-state index contributed by atoms with van der Waals surface area (Å²) < 4.78 is 10.9. The zero-order chi connectivity index (χ0) is 15.0. The topological polar surface area (TPSA) is 21.8 Å². The summed E-state index contributed by atoms with van der Waals surface area (Å²) in [5.74, 6) is 0.952. The Morgan fingerprint density at radius 2 is 1.85 bits per heavy atom. The standard InChI is InChI=1S/C18H28O2/c1-13-9-14(19-10-15-11-20-15)7-8-16(13)18(5,6)12-17(2,3)4/h7-9,15H,10-12H2,1-6H3. The van der Waals surface area contributed by atoms with Crippen molar-refractivity contribution in [2.24, 2.45) is 5.41 Å². The van der Waals surface area contributed by atoms with Gasteiger partial charge >= 0.3 is 0 Å². The molecule has 1 aromatic rings. The first-order valence-electron chi connectivity index (χ1n) is 7.53. The summed E-state index contributed by atoms with van der Waals surface area (Å²) in [4.78, 5) is 0. The van der Waals surface area contributed by atoms with Crippen molar-refractivity contribution >= 4 is 0 Å². The lowest BCUT2D eigenvalue weighted by Gasteiger charge is -2.34. The molecular formula is C18H28O2. The summed E-state index contributed by atoms with van der Waals surface area (Å²) in [5.41, 5.74) is 3.24. The van der Waals surface area contributed by atoms with Crippen LogP contribution in [0.1, 0.15) is 52.2 Å². The summed E-state index contributed by atoms with van der Waals surface area (Å²) in [5, 5.41) is 0. The zero-order valence-electron chi connectivity index (χ0n) is 13.7. The smallest absolute Gasteiger partial charge is 0.119 e. The van der Waals surface area contributed by atoms with Gasteiger partial charge in [-0.15, -0.1) is 0 Å². The van der Waals surface area contributed by atoms with E-state index in [1.807, 2.05) is 0 Å². The molecule has 112 valence electrons. The minimum absolute atomic E-state index is 0.181. The number of hydrogen-bond donors (Lipinski definition) is 0. The van der Waals surface area contributed by atoms with E-state index < -0.39 is 0 Å². The van der Waals surface area contributed by atoms with Gasteiger partial charge in [0.15, 0.2) is 0 Å². The number of hydrogen-bond acceptors (Lipinski definition) is 2. The van der Waals surface area contributed by atoms with Crippen LogP contribution in [-0.2, 0) is 10.2 Å². The van der Waals surface area contributed by atoms with Gasteiger partial charge in [0.1, 0.15) is 18.5 Å². The van der Waals surface area contributed by atoms with Crippen LogP contribution in [0.25, 0.3) is 0 Å². The fraction of sp³-hybridized carbons (Fsp3) is 0.667. The number of rotatable bonds is 5. The van der Waals surface area contributed by atoms with Crippen molar-refractivity contribution in [2.45, 2.75) is 59.5 Å². The van der Waals surface area contributed by atoms with Crippen LogP contribution in [0, 0.1) is 12.3 Å². The Morgan fingerprint density at radius 1 is 1.20 bits per heavy atom. The molecule has 1 aliphatic rings. The second-order valence-electron chi connectivity index (χ2n) is 7.86. The Kier molecular flexibility index (Phi) is 4.15. The molecule has 0 N–H and O–H groups in total. The van der Waals surface area contributed by atoms with Gasteiger partial charge in [0, 0.05) is 0 Å². The van der Waals surface area contributed by atoms with Crippen molar-refractivity contribution < 1.29 is 9.47 Å². The molecule has 1 atom stereocenters. The number of epoxide rings is 1.